The zero-order chi connectivity index (χ0) is 13.1. The minimum Gasteiger partial charge on any atom is -0.481 e. The molecule has 18 heavy (non-hydrogen) atoms. The first-order valence-corrected chi connectivity index (χ1v) is 5.95. The summed E-state index contributed by atoms with van der Waals surface area (Å²) in [6.45, 7) is 3.60. The number of aromatic nitrogens is 2. The first kappa shape index (κ1) is 12.9. The van der Waals surface area contributed by atoms with Crippen molar-refractivity contribution in [3.8, 4) is 5.75 Å². The Kier molecular flexibility index (Phi) is 3.84. The van der Waals surface area contributed by atoms with Gasteiger partial charge in [-0.2, -0.15) is 0 Å². The second kappa shape index (κ2) is 5.37. The van der Waals surface area contributed by atoms with E-state index in [2.05, 4.69) is 10.2 Å². The predicted octanol–water partition coefficient (Wildman–Crippen LogP) is 2.88. The molecule has 1 aromatic carbocycles. The molecule has 0 aliphatic heterocycles. The summed E-state index contributed by atoms with van der Waals surface area (Å²) in [5, 5.41) is 8.36. The third-order valence-electron chi connectivity index (χ3n) is 2.30. The van der Waals surface area contributed by atoms with Crippen LogP contribution in [0.1, 0.15) is 37.8 Å². The molecular formula is C12H14ClN3O2. The van der Waals surface area contributed by atoms with Crippen molar-refractivity contribution in [2.45, 2.75) is 26.0 Å². The normalized spacial score (nSPS) is 14.2. The minimum absolute atomic E-state index is 0.287. The largest absolute Gasteiger partial charge is 0.481 e. The van der Waals surface area contributed by atoms with Crippen molar-refractivity contribution in [3.05, 3.63) is 41.1 Å². The molecule has 0 radical (unpaired) electrons. The second-order valence-corrected chi connectivity index (χ2v) is 4.42. The Bertz CT molecular complexity index is 528. The summed E-state index contributed by atoms with van der Waals surface area (Å²) >= 11 is 5.87. The Labute approximate surface area is 110 Å². The van der Waals surface area contributed by atoms with Gasteiger partial charge in [-0.25, -0.2) is 0 Å². The van der Waals surface area contributed by atoms with Crippen LogP contribution in [0.2, 0.25) is 5.02 Å². The summed E-state index contributed by atoms with van der Waals surface area (Å²) in [7, 11) is 0. The van der Waals surface area contributed by atoms with Crippen LogP contribution in [-0.2, 0) is 0 Å². The lowest BCUT2D eigenvalue weighted by molar-refractivity contribution is 0.185. The van der Waals surface area contributed by atoms with Crippen molar-refractivity contribution < 1.29 is 9.15 Å². The lowest BCUT2D eigenvalue weighted by atomic mass is 10.3. The van der Waals surface area contributed by atoms with Gasteiger partial charge in [0, 0.05) is 5.02 Å². The first-order chi connectivity index (χ1) is 8.56. The van der Waals surface area contributed by atoms with Crippen LogP contribution in [0.25, 0.3) is 0 Å². The third kappa shape index (κ3) is 3.00. The highest BCUT2D eigenvalue weighted by Crippen LogP contribution is 2.24. The number of hydrogen-bond acceptors (Lipinski definition) is 5. The fraction of sp³-hybridized carbons (Fsp3) is 0.333. The van der Waals surface area contributed by atoms with Crippen molar-refractivity contribution in [2.75, 3.05) is 0 Å². The lowest BCUT2D eigenvalue weighted by Crippen LogP contribution is -2.05. The maximum atomic E-state index is 5.87. The zero-order valence-corrected chi connectivity index (χ0v) is 10.9. The standard InChI is InChI=1S/C12H14ClN3O2/c1-7(14)11-15-16-12(18-11)8(2)17-10-5-3-4-9(13)6-10/h3-8H,14H2,1-2H3. The SMILES string of the molecule is CC(N)c1nnc(C(C)Oc2cccc(Cl)c2)o1. The fourth-order valence-corrected chi connectivity index (χ4v) is 1.57. The highest BCUT2D eigenvalue weighted by Gasteiger charge is 2.17. The molecule has 2 aromatic rings. The predicted molar refractivity (Wildman–Crippen MR) is 67.4 cm³/mol. The maximum Gasteiger partial charge on any atom is 0.256 e. The number of ether oxygens (including phenoxy) is 1. The van der Waals surface area contributed by atoms with Crippen molar-refractivity contribution in [3.63, 3.8) is 0 Å². The van der Waals surface area contributed by atoms with Crippen LogP contribution < -0.4 is 10.5 Å². The number of nitrogens with zero attached hydrogens (tertiary/aromatic N) is 2. The molecule has 0 spiro atoms. The van der Waals surface area contributed by atoms with Gasteiger partial charge in [0.15, 0.2) is 6.10 Å². The lowest BCUT2D eigenvalue weighted by Gasteiger charge is -2.10. The third-order valence-corrected chi connectivity index (χ3v) is 2.54. The molecule has 0 amide bonds. The van der Waals surface area contributed by atoms with E-state index in [1.807, 2.05) is 19.1 Å². The van der Waals surface area contributed by atoms with Crippen LogP contribution in [0.5, 0.6) is 5.75 Å². The van der Waals surface area contributed by atoms with E-state index in [1.54, 1.807) is 19.1 Å². The molecule has 0 fully saturated rings. The monoisotopic (exact) mass is 267 g/mol. The van der Waals surface area contributed by atoms with Gasteiger partial charge >= 0.3 is 0 Å². The minimum atomic E-state index is -0.358. The molecule has 2 atom stereocenters. The molecule has 0 saturated carbocycles. The number of hydrogen-bond donors (Lipinski definition) is 1. The van der Waals surface area contributed by atoms with Crippen molar-refractivity contribution in [1.82, 2.24) is 10.2 Å². The van der Waals surface area contributed by atoms with Crippen LogP contribution in [-0.4, -0.2) is 10.2 Å². The van der Waals surface area contributed by atoms with Crippen LogP contribution in [0, 0.1) is 0 Å². The van der Waals surface area contributed by atoms with Gasteiger partial charge < -0.3 is 14.9 Å². The molecule has 1 heterocycles. The van der Waals surface area contributed by atoms with E-state index in [0.717, 1.165) is 0 Å². The first-order valence-electron chi connectivity index (χ1n) is 5.57. The van der Waals surface area contributed by atoms with E-state index < -0.39 is 0 Å². The molecular weight excluding hydrogens is 254 g/mol. The molecule has 96 valence electrons. The molecule has 2 N–H and O–H groups in total. The average molecular weight is 268 g/mol. The van der Waals surface area contributed by atoms with E-state index in [4.69, 9.17) is 26.5 Å². The zero-order valence-electron chi connectivity index (χ0n) is 10.1. The van der Waals surface area contributed by atoms with E-state index >= 15 is 0 Å². The molecule has 2 unspecified atom stereocenters. The molecule has 0 aliphatic carbocycles. The van der Waals surface area contributed by atoms with Gasteiger partial charge in [-0.05, 0) is 32.0 Å². The van der Waals surface area contributed by atoms with E-state index in [1.165, 1.54) is 0 Å². The van der Waals surface area contributed by atoms with Gasteiger partial charge in [-0.3, -0.25) is 0 Å². The van der Waals surface area contributed by atoms with Crippen molar-refractivity contribution in [2.24, 2.45) is 5.73 Å². The Balaban J connectivity index is 2.09. The van der Waals surface area contributed by atoms with E-state index in [9.17, 15) is 0 Å². The highest BCUT2D eigenvalue weighted by atomic mass is 35.5. The van der Waals surface area contributed by atoms with Crippen molar-refractivity contribution >= 4 is 11.6 Å². The Hall–Kier alpha value is -1.59. The number of nitrogens with two attached hydrogens (primary N) is 1. The van der Waals surface area contributed by atoms with Crippen LogP contribution >= 0.6 is 11.6 Å². The van der Waals surface area contributed by atoms with Gasteiger partial charge in [0.05, 0.1) is 6.04 Å². The van der Waals surface area contributed by atoms with Crippen LogP contribution in [0.3, 0.4) is 0 Å². The molecule has 6 heteroatoms. The topological polar surface area (TPSA) is 74.2 Å². The number of halogens is 1. The molecule has 0 saturated heterocycles. The fourth-order valence-electron chi connectivity index (χ4n) is 1.39. The molecule has 1 aromatic heterocycles. The Morgan fingerprint density at radius 2 is 2.00 bits per heavy atom. The Morgan fingerprint density at radius 1 is 1.28 bits per heavy atom. The van der Waals surface area contributed by atoms with E-state index in [-0.39, 0.29) is 12.1 Å². The van der Waals surface area contributed by atoms with Gasteiger partial charge in [0.2, 0.25) is 5.89 Å². The second-order valence-electron chi connectivity index (χ2n) is 3.98. The smallest absolute Gasteiger partial charge is 0.256 e. The summed E-state index contributed by atoms with van der Waals surface area (Å²) in [5.41, 5.74) is 5.65. The quantitative estimate of drug-likeness (QED) is 0.922. The van der Waals surface area contributed by atoms with Crippen LogP contribution in [0.15, 0.2) is 28.7 Å². The van der Waals surface area contributed by atoms with E-state index in [0.29, 0.717) is 22.6 Å². The van der Waals surface area contributed by atoms with Gasteiger partial charge in [0.25, 0.3) is 5.89 Å². The number of rotatable bonds is 4. The summed E-state index contributed by atoms with van der Waals surface area (Å²) in [6.07, 6.45) is -0.358. The molecule has 0 bridgehead atoms. The summed E-state index contributed by atoms with van der Waals surface area (Å²) in [4.78, 5) is 0. The van der Waals surface area contributed by atoms with Gasteiger partial charge in [-0.1, -0.05) is 17.7 Å². The van der Waals surface area contributed by atoms with Gasteiger partial charge in [-0.15, -0.1) is 10.2 Å². The summed E-state index contributed by atoms with van der Waals surface area (Å²) < 4.78 is 11.1. The molecule has 2 rings (SSSR count). The Morgan fingerprint density at radius 3 is 2.61 bits per heavy atom. The summed E-state index contributed by atoms with van der Waals surface area (Å²) in [5.74, 6) is 1.43. The molecule has 0 aliphatic rings. The summed E-state index contributed by atoms with van der Waals surface area (Å²) in [6, 6.07) is 6.84. The van der Waals surface area contributed by atoms with Gasteiger partial charge in [0.1, 0.15) is 5.75 Å². The molecule has 5 nitrogen and oxygen atoms in total. The highest BCUT2D eigenvalue weighted by molar-refractivity contribution is 6.30. The van der Waals surface area contributed by atoms with Crippen molar-refractivity contribution in [1.29, 1.82) is 0 Å². The average Bonchev–Trinajstić information content (AvgIpc) is 2.78. The maximum absolute atomic E-state index is 5.87. The van der Waals surface area contributed by atoms with Crippen LogP contribution in [0.4, 0.5) is 0 Å². The number of benzene rings is 1.